The van der Waals surface area contributed by atoms with Gasteiger partial charge < -0.3 is 5.11 Å². The topological polar surface area (TPSA) is 32.6 Å². The van der Waals surface area contributed by atoms with Gasteiger partial charge >= 0.3 is 0 Å². The molecule has 0 saturated carbocycles. The molecule has 104 valence electrons. The molecule has 0 heterocycles. The molecule has 0 saturated heterocycles. The minimum Gasteiger partial charge on any atom is -0.507 e. The van der Waals surface area contributed by atoms with Gasteiger partial charge in [-0.3, -0.25) is 4.99 Å². The summed E-state index contributed by atoms with van der Waals surface area (Å²) in [4.78, 5) is 4.40. The summed E-state index contributed by atoms with van der Waals surface area (Å²) in [5.41, 5.74) is 2.57. The van der Waals surface area contributed by atoms with Crippen molar-refractivity contribution in [2.24, 2.45) is 4.99 Å². The number of aliphatic imine (C=N–C) groups is 1. The molecule has 0 aliphatic heterocycles. The van der Waals surface area contributed by atoms with E-state index in [-0.39, 0.29) is 5.41 Å². The predicted octanol–water partition coefficient (Wildman–Crippen LogP) is 4.83. The van der Waals surface area contributed by atoms with Crippen LogP contribution in [0.4, 0.5) is 5.69 Å². The van der Waals surface area contributed by atoms with Crippen molar-refractivity contribution in [3.05, 3.63) is 59.7 Å². The maximum absolute atomic E-state index is 10.4. The van der Waals surface area contributed by atoms with E-state index in [1.807, 2.05) is 48.5 Å². The Morgan fingerprint density at radius 2 is 1.75 bits per heavy atom. The van der Waals surface area contributed by atoms with E-state index < -0.39 is 0 Å². The first-order valence-electron chi connectivity index (χ1n) is 6.96. The molecule has 0 bridgehead atoms. The minimum absolute atomic E-state index is 0.0410. The zero-order chi connectivity index (χ0) is 14.6. The van der Waals surface area contributed by atoms with Gasteiger partial charge in [0.15, 0.2) is 0 Å². The molecule has 2 aromatic carbocycles. The highest BCUT2D eigenvalue weighted by atomic mass is 16.3. The van der Waals surface area contributed by atoms with Crippen LogP contribution < -0.4 is 0 Å². The van der Waals surface area contributed by atoms with Gasteiger partial charge in [0.25, 0.3) is 0 Å². The summed E-state index contributed by atoms with van der Waals surface area (Å²) in [5, 5.41) is 10.4. The Balaban J connectivity index is 2.35. The van der Waals surface area contributed by atoms with Gasteiger partial charge in [0, 0.05) is 17.3 Å². The van der Waals surface area contributed by atoms with Gasteiger partial charge in [-0.1, -0.05) is 51.1 Å². The van der Waals surface area contributed by atoms with Gasteiger partial charge in [-0.2, -0.15) is 0 Å². The second-order valence-corrected chi connectivity index (χ2v) is 5.57. The molecule has 0 radical (unpaired) electrons. The number of aromatic hydroxyl groups is 1. The molecule has 2 heteroatoms. The third-order valence-corrected chi connectivity index (χ3v) is 3.79. The van der Waals surface area contributed by atoms with E-state index in [9.17, 15) is 5.11 Å². The van der Waals surface area contributed by atoms with Crippen molar-refractivity contribution in [1.82, 2.24) is 0 Å². The molecule has 1 N–H and O–H groups in total. The summed E-state index contributed by atoms with van der Waals surface area (Å²) >= 11 is 0. The number of hydrogen-bond acceptors (Lipinski definition) is 2. The number of phenolic OH excluding ortho intramolecular Hbond substituents is 1. The molecule has 0 aliphatic rings. The minimum atomic E-state index is -0.0410. The fourth-order valence-corrected chi connectivity index (χ4v) is 2.06. The second-order valence-electron chi connectivity index (χ2n) is 5.57. The van der Waals surface area contributed by atoms with Crippen molar-refractivity contribution in [3.8, 4) is 5.75 Å². The normalized spacial score (nSPS) is 11.9. The van der Waals surface area contributed by atoms with Crippen molar-refractivity contribution < 1.29 is 5.11 Å². The van der Waals surface area contributed by atoms with Crippen LogP contribution in [0.25, 0.3) is 0 Å². The monoisotopic (exact) mass is 267 g/mol. The zero-order valence-electron chi connectivity index (χ0n) is 12.3. The summed E-state index contributed by atoms with van der Waals surface area (Å²) in [5.74, 6) is 0.332. The van der Waals surface area contributed by atoms with Gasteiger partial charge in [0.05, 0.1) is 5.69 Å². The summed E-state index contributed by atoms with van der Waals surface area (Å²) in [7, 11) is 0. The van der Waals surface area contributed by atoms with Crippen molar-refractivity contribution in [3.63, 3.8) is 0 Å². The maximum atomic E-state index is 10.4. The molecule has 20 heavy (non-hydrogen) atoms. The first-order valence-corrected chi connectivity index (χ1v) is 6.96. The van der Waals surface area contributed by atoms with Crippen molar-refractivity contribution in [1.29, 1.82) is 0 Å². The Bertz CT molecular complexity index is 600. The van der Waals surface area contributed by atoms with Crippen LogP contribution in [0.5, 0.6) is 5.75 Å². The SMILES string of the molecule is CCC(C)(C)c1cccc(/C=N/c2ccccc2)c1O. The van der Waals surface area contributed by atoms with Crippen LogP contribution in [0.15, 0.2) is 53.5 Å². The zero-order valence-corrected chi connectivity index (χ0v) is 12.3. The molecule has 0 unspecified atom stereocenters. The Morgan fingerprint density at radius 3 is 2.40 bits per heavy atom. The lowest BCUT2D eigenvalue weighted by molar-refractivity contribution is 0.428. The number of rotatable bonds is 4. The summed E-state index contributed by atoms with van der Waals surface area (Å²) < 4.78 is 0. The highest BCUT2D eigenvalue weighted by molar-refractivity contribution is 5.86. The summed E-state index contributed by atoms with van der Waals surface area (Å²) in [6.07, 6.45) is 2.69. The maximum Gasteiger partial charge on any atom is 0.128 e. The van der Waals surface area contributed by atoms with E-state index in [1.54, 1.807) is 6.21 Å². The summed E-state index contributed by atoms with van der Waals surface area (Å²) in [6.45, 7) is 6.41. The molecule has 0 atom stereocenters. The van der Waals surface area contributed by atoms with E-state index in [2.05, 4.69) is 25.8 Å². The van der Waals surface area contributed by atoms with E-state index in [0.717, 1.165) is 23.2 Å². The first-order chi connectivity index (χ1) is 9.54. The number of para-hydroxylation sites is 2. The lowest BCUT2D eigenvalue weighted by Crippen LogP contribution is -2.16. The molecule has 0 aromatic heterocycles. The van der Waals surface area contributed by atoms with Crippen LogP contribution in [-0.4, -0.2) is 11.3 Å². The van der Waals surface area contributed by atoms with Crippen LogP contribution in [0.3, 0.4) is 0 Å². The second kappa shape index (κ2) is 5.91. The fraction of sp³-hybridized carbons (Fsp3) is 0.278. The summed E-state index contributed by atoms with van der Waals surface area (Å²) in [6, 6.07) is 15.6. The number of hydrogen-bond donors (Lipinski definition) is 1. The Hall–Kier alpha value is -2.09. The fourth-order valence-electron chi connectivity index (χ4n) is 2.06. The van der Waals surface area contributed by atoms with E-state index in [0.29, 0.717) is 5.75 Å². The highest BCUT2D eigenvalue weighted by Crippen LogP contribution is 2.35. The smallest absolute Gasteiger partial charge is 0.128 e. The average Bonchev–Trinajstić information content (AvgIpc) is 2.47. The predicted molar refractivity (Wildman–Crippen MR) is 85.1 cm³/mol. The molecule has 0 amide bonds. The average molecular weight is 267 g/mol. The Morgan fingerprint density at radius 1 is 1.05 bits per heavy atom. The van der Waals surface area contributed by atoms with Gasteiger partial charge in [-0.05, 0) is 30.0 Å². The van der Waals surface area contributed by atoms with Gasteiger partial charge in [-0.15, -0.1) is 0 Å². The van der Waals surface area contributed by atoms with Crippen LogP contribution in [-0.2, 0) is 5.41 Å². The lowest BCUT2D eigenvalue weighted by atomic mass is 9.81. The van der Waals surface area contributed by atoms with Gasteiger partial charge in [0.1, 0.15) is 5.75 Å². The van der Waals surface area contributed by atoms with Crippen LogP contribution in [0.1, 0.15) is 38.3 Å². The van der Waals surface area contributed by atoms with Crippen LogP contribution in [0.2, 0.25) is 0 Å². The van der Waals surface area contributed by atoms with E-state index in [1.165, 1.54) is 0 Å². The lowest BCUT2D eigenvalue weighted by Gasteiger charge is -2.24. The quantitative estimate of drug-likeness (QED) is 0.791. The third-order valence-electron chi connectivity index (χ3n) is 3.79. The molecule has 2 aromatic rings. The molecular weight excluding hydrogens is 246 g/mol. The van der Waals surface area contributed by atoms with Gasteiger partial charge in [0.2, 0.25) is 0 Å². The van der Waals surface area contributed by atoms with Gasteiger partial charge in [-0.25, -0.2) is 0 Å². The Kier molecular flexibility index (Phi) is 4.23. The number of benzene rings is 2. The molecular formula is C18H21NO. The van der Waals surface area contributed by atoms with Crippen LogP contribution in [0, 0.1) is 0 Å². The molecule has 0 aliphatic carbocycles. The standard InChI is InChI=1S/C18H21NO/c1-4-18(2,3)16-12-8-9-14(17(16)20)13-19-15-10-6-5-7-11-15/h5-13,20H,4H2,1-3H3/b19-13+. The largest absolute Gasteiger partial charge is 0.507 e. The molecule has 0 fully saturated rings. The van der Waals surface area contributed by atoms with E-state index in [4.69, 9.17) is 0 Å². The molecule has 2 rings (SSSR count). The first kappa shape index (κ1) is 14.3. The van der Waals surface area contributed by atoms with E-state index >= 15 is 0 Å². The highest BCUT2D eigenvalue weighted by Gasteiger charge is 2.22. The molecule has 0 spiro atoms. The van der Waals surface area contributed by atoms with Crippen molar-refractivity contribution in [2.45, 2.75) is 32.6 Å². The van der Waals surface area contributed by atoms with Crippen LogP contribution >= 0.6 is 0 Å². The molecule has 2 nitrogen and oxygen atoms in total. The van der Waals surface area contributed by atoms with Crippen molar-refractivity contribution >= 4 is 11.9 Å². The third kappa shape index (κ3) is 3.08. The number of nitrogens with zero attached hydrogens (tertiary/aromatic N) is 1. The number of phenols is 1. The van der Waals surface area contributed by atoms with Crippen molar-refractivity contribution in [2.75, 3.05) is 0 Å². The Labute approximate surface area is 120 Å².